The lowest BCUT2D eigenvalue weighted by molar-refractivity contribution is -0.114. The summed E-state index contributed by atoms with van der Waals surface area (Å²) in [7, 11) is 2.09. The molecule has 0 bridgehead atoms. The van der Waals surface area contributed by atoms with Gasteiger partial charge in [0.1, 0.15) is 0 Å². The molecule has 6 nitrogen and oxygen atoms in total. The first-order valence-electron chi connectivity index (χ1n) is 8.83. The minimum atomic E-state index is -0.125. The lowest BCUT2D eigenvalue weighted by Gasteiger charge is -2.34. The average Bonchev–Trinajstić information content (AvgIpc) is 2.65. The molecular weight excluding hydrogens is 328 g/mol. The summed E-state index contributed by atoms with van der Waals surface area (Å²) in [5, 5.41) is 8.85. The van der Waals surface area contributed by atoms with Crippen molar-refractivity contribution < 1.29 is 9.59 Å². The maximum absolute atomic E-state index is 12.5. The van der Waals surface area contributed by atoms with Crippen LogP contribution in [0.2, 0.25) is 0 Å². The second kappa shape index (κ2) is 6.80. The number of nitrogens with one attached hydrogen (secondary N) is 3. The van der Waals surface area contributed by atoms with Gasteiger partial charge in [0.15, 0.2) is 0 Å². The molecule has 1 unspecified atom stereocenters. The van der Waals surface area contributed by atoms with Gasteiger partial charge >= 0.3 is 0 Å². The van der Waals surface area contributed by atoms with Crippen molar-refractivity contribution in [3.63, 3.8) is 0 Å². The number of carbonyl (C=O) groups excluding carboxylic acids is 2. The van der Waals surface area contributed by atoms with Crippen molar-refractivity contribution in [2.24, 2.45) is 0 Å². The van der Waals surface area contributed by atoms with Crippen molar-refractivity contribution in [1.82, 2.24) is 10.2 Å². The van der Waals surface area contributed by atoms with E-state index < -0.39 is 0 Å². The van der Waals surface area contributed by atoms with Crippen LogP contribution in [0, 0.1) is 0 Å². The Bertz CT molecular complexity index is 865. The van der Waals surface area contributed by atoms with Gasteiger partial charge in [0.05, 0.1) is 17.9 Å². The smallest absolute Gasteiger partial charge is 0.251 e. The summed E-state index contributed by atoms with van der Waals surface area (Å²) in [6.07, 6.45) is 0.928. The first-order valence-corrected chi connectivity index (χ1v) is 8.83. The van der Waals surface area contributed by atoms with Crippen LogP contribution in [-0.4, -0.2) is 42.9 Å². The second-order valence-electron chi connectivity index (χ2n) is 6.91. The Hall–Kier alpha value is -2.86. The molecule has 2 aromatic rings. The summed E-state index contributed by atoms with van der Waals surface area (Å²) < 4.78 is 0. The van der Waals surface area contributed by atoms with Gasteiger partial charge in [-0.05, 0) is 42.8 Å². The molecule has 2 aliphatic heterocycles. The second-order valence-corrected chi connectivity index (χ2v) is 6.91. The predicted molar refractivity (Wildman–Crippen MR) is 101 cm³/mol. The fraction of sp³-hybridized carbons (Fsp3) is 0.300. The van der Waals surface area contributed by atoms with Crippen LogP contribution in [0.4, 0.5) is 11.4 Å². The van der Waals surface area contributed by atoms with Gasteiger partial charge in [0, 0.05) is 24.7 Å². The number of nitrogens with zero attached hydrogens (tertiary/aromatic N) is 1. The van der Waals surface area contributed by atoms with Crippen LogP contribution in [0.15, 0.2) is 42.5 Å². The fourth-order valence-corrected chi connectivity index (χ4v) is 3.57. The van der Waals surface area contributed by atoms with E-state index in [1.807, 2.05) is 6.07 Å². The number of amides is 2. The molecule has 0 aromatic heterocycles. The number of benzene rings is 2. The van der Waals surface area contributed by atoms with Crippen molar-refractivity contribution in [3.8, 4) is 0 Å². The van der Waals surface area contributed by atoms with Gasteiger partial charge in [-0.25, -0.2) is 0 Å². The normalized spacial score (nSPS) is 19.0. The maximum Gasteiger partial charge on any atom is 0.251 e. The lowest BCUT2D eigenvalue weighted by atomic mass is 9.94. The number of hydrogen-bond acceptors (Lipinski definition) is 4. The molecule has 0 saturated carbocycles. The summed E-state index contributed by atoms with van der Waals surface area (Å²) in [5.74, 6) is -0.225. The molecule has 2 heterocycles. The lowest BCUT2D eigenvalue weighted by Crippen LogP contribution is -2.45. The van der Waals surface area contributed by atoms with Gasteiger partial charge in [-0.15, -0.1) is 0 Å². The van der Waals surface area contributed by atoms with E-state index in [0.717, 1.165) is 18.7 Å². The fourth-order valence-electron chi connectivity index (χ4n) is 3.57. The highest BCUT2D eigenvalue weighted by atomic mass is 16.2. The number of fused-ring (bicyclic) bond motifs is 2. The molecule has 2 amide bonds. The van der Waals surface area contributed by atoms with Crippen molar-refractivity contribution in [3.05, 3.63) is 59.2 Å². The molecule has 6 heteroatoms. The first kappa shape index (κ1) is 16.6. The molecule has 0 fully saturated rings. The third-order valence-electron chi connectivity index (χ3n) is 5.11. The monoisotopic (exact) mass is 350 g/mol. The number of hydrogen-bond donors (Lipinski definition) is 3. The van der Waals surface area contributed by atoms with Gasteiger partial charge in [0.2, 0.25) is 5.91 Å². The molecule has 1 atom stereocenters. The Morgan fingerprint density at radius 1 is 1.19 bits per heavy atom. The summed E-state index contributed by atoms with van der Waals surface area (Å²) in [6, 6.07) is 14.0. The van der Waals surface area contributed by atoms with E-state index in [0.29, 0.717) is 17.8 Å². The van der Waals surface area contributed by atoms with Crippen LogP contribution in [0.3, 0.4) is 0 Å². The van der Waals surface area contributed by atoms with Gasteiger partial charge in [0.25, 0.3) is 5.91 Å². The molecule has 2 aromatic carbocycles. The minimum absolute atomic E-state index is 0.0995. The predicted octanol–water partition coefficient (Wildman–Crippen LogP) is 1.84. The average molecular weight is 350 g/mol. The first-order chi connectivity index (χ1) is 12.6. The van der Waals surface area contributed by atoms with Crippen molar-refractivity contribution in [1.29, 1.82) is 0 Å². The van der Waals surface area contributed by atoms with Crippen molar-refractivity contribution in [2.45, 2.75) is 19.0 Å². The highest BCUT2D eigenvalue weighted by Gasteiger charge is 2.24. The van der Waals surface area contributed by atoms with Gasteiger partial charge in [-0.2, -0.15) is 0 Å². The van der Waals surface area contributed by atoms with E-state index in [1.54, 1.807) is 12.1 Å². The summed E-state index contributed by atoms with van der Waals surface area (Å²) in [6.45, 7) is 1.74. The van der Waals surface area contributed by atoms with E-state index in [1.165, 1.54) is 11.1 Å². The van der Waals surface area contributed by atoms with Crippen LogP contribution >= 0.6 is 0 Å². The van der Waals surface area contributed by atoms with Gasteiger partial charge < -0.3 is 16.0 Å². The molecule has 4 rings (SSSR count). The summed E-state index contributed by atoms with van der Waals surface area (Å²) in [4.78, 5) is 26.3. The quantitative estimate of drug-likeness (QED) is 0.790. The molecule has 0 spiro atoms. The van der Waals surface area contributed by atoms with Gasteiger partial charge in [-0.3, -0.25) is 14.5 Å². The third-order valence-corrected chi connectivity index (χ3v) is 5.11. The zero-order valence-electron chi connectivity index (χ0n) is 14.7. The number of rotatable bonds is 3. The topological polar surface area (TPSA) is 73.5 Å². The third kappa shape index (κ3) is 3.28. The highest BCUT2D eigenvalue weighted by molar-refractivity contribution is 6.03. The highest BCUT2D eigenvalue weighted by Crippen LogP contribution is 2.26. The molecule has 134 valence electrons. The minimum Gasteiger partial charge on any atom is -0.374 e. The number of anilines is 2. The Balaban J connectivity index is 1.41. The van der Waals surface area contributed by atoms with Crippen LogP contribution in [0.1, 0.15) is 21.5 Å². The standard InChI is InChI=1S/C20H22N4O2/c1-24-12-15-5-3-2-4-13(15)8-16(24)10-22-20(26)14-6-7-17-18(9-14)23-19(25)11-21-17/h2-7,9,16,21H,8,10-12H2,1H3,(H,22,26)(H,23,25). The molecule has 26 heavy (non-hydrogen) atoms. The van der Waals surface area contributed by atoms with E-state index in [-0.39, 0.29) is 24.4 Å². The van der Waals surface area contributed by atoms with Crippen LogP contribution in [0.5, 0.6) is 0 Å². The zero-order chi connectivity index (χ0) is 18.1. The van der Waals surface area contributed by atoms with Crippen molar-refractivity contribution >= 4 is 23.2 Å². The van der Waals surface area contributed by atoms with E-state index in [2.05, 4.69) is 52.2 Å². The molecular formula is C20H22N4O2. The molecule has 0 radical (unpaired) electrons. The van der Waals surface area contributed by atoms with Crippen LogP contribution < -0.4 is 16.0 Å². The van der Waals surface area contributed by atoms with Crippen LogP contribution in [-0.2, 0) is 17.8 Å². The molecule has 2 aliphatic rings. The Labute approximate surface area is 152 Å². The summed E-state index contributed by atoms with van der Waals surface area (Å²) >= 11 is 0. The Morgan fingerprint density at radius 3 is 2.85 bits per heavy atom. The van der Waals surface area contributed by atoms with Gasteiger partial charge in [-0.1, -0.05) is 24.3 Å². The molecule has 0 aliphatic carbocycles. The van der Waals surface area contributed by atoms with E-state index in [4.69, 9.17) is 0 Å². The SMILES string of the molecule is CN1Cc2ccccc2CC1CNC(=O)c1ccc2c(c1)NC(=O)CN2. The van der Waals surface area contributed by atoms with Crippen molar-refractivity contribution in [2.75, 3.05) is 30.8 Å². The number of carbonyl (C=O) groups is 2. The molecule has 0 saturated heterocycles. The van der Waals surface area contributed by atoms with E-state index in [9.17, 15) is 9.59 Å². The van der Waals surface area contributed by atoms with E-state index >= 15 is 0 Å². The Kier molecular flexibility index (Phi) is 4.34. The van der Waals surface area contributed by atoms with Crippen LogP contribution in [0.25, 0.3) is 0 Å². The zero-order valence-corrected chi connectivity index (χ0v) is 14.7. The maximum atomic E-state index is 12.5. The Morgan fingerprint density at radius 2 is 2.00 bits per heavy atom. The largest absolute Gasteiger partial charge is 0.374 e. The molecule has 3 N–H and O–H groups in total. The number of likely N-dealkylation sites (N-methyl/N-ethyl adjacent to an activating group) is 1. The summed E-state index contributed by atoms with van der Waals surface area (Å²) in [5.41, 5.74) is 4.75.